The molecule has 0 atom stereocenters. The van der Waals surface area contributed by atoms with Gasteiger partial charge in [0.25, 0.3) is 11.5 Å². The fourth-order valence-corrected chi connectivity index (χ4v) is 2.55. The highest BCUT2D eigenvalue weighted by atomic mass is 16.5. The predicted molar refractivity (Wildman–Crippen MR) is 105 cm³/mol. The summed E-state index contributed by atoms with van der Waals surface area (Å²) >= 11 is 0. The molecule has 0 aliphatic rings. The van der Waals surface area contributed by atoms with E-state index in [2.05, 4.69) is 15.6 Å². The first-order valence-corrected chi connectivity index (χ1v) is 8.55. The van der Waals surface area contributed by atoms with Gasteiger partial charge < -0.3 is 9.47 Å². The lowest BCUT2D eigenvalue weighted by molar-refractivity contribution is -0.123. The molecule has 8 nitrogen and oxygen atoms in total. The van der Waals surface area contributed by atoms with Crippen LogP contribution in [0, 0.1) is 6.92 Å². The van der Waals surface area contributed by atoms with E-state index in [4.69, 9.17) is 9.47 Å². The fraction of sp³-hybridized carbons (Fsp3) is 0.150. The number of hydrogen-bond donors (Lipinski definition) is 2. The van der Waals surface area contributed by atoms with Crippen LogP contribution in [0.3, 0.4) is 0 Å². The summed E-state index contributed by atoms with van der Waals surface area (Å²) in [4.78, 5) is 24.5. The van der Waals surface area contributed by atoms with Crippen molar-refractivity contribution in [1.82, 2.24) is 15.2 Å². The minimum Gasteiger partial charge on any atom is -0.493 e. The normalized spacial score (nSPS) is 10.8. The smallest absolute Gasteiger partial charge is 0.280 e. The molecule has 0 bridgehead atoms. The van der Waals surface area contributed by atoms with Crippen molar-refractivity contribution < 1.29 is 14.3 Å². The van der Waals surface area contributed by atoms with Crippen LogP contribution in [0.2, 0.25) is 0 Å². The van der Waals surface area contributed by atoms with Gasteiger partial charge in [0.15, 0.2) is 18.1 Å². The number of rotatable bonds is 7. The van der Waals surface area contributed by atoms with Gasteiger partial charge in [-0.05, 0) is 31.2 Å². The SMILES string of the molecule is COc1ccccc1OCC(=O)N/N=C\c1c(C)[nH]n(-c2ccccc2)c1=O. The molecule has 0 saturated carbocycles. The highest BCUT2D eigenvalue weighted by Crippen LogP contribution is 2.25. The van der Waals surface area contributed by atoms with Gasteiger partial charge in [-0.3, -0.25) is 14.7 Å². The van der Waals surface area contributed by atoms with Crippen molar-refractivity contribution in [3.05, 3.63) is 76.2 Å². The average molecular weight is 380 g/mol. The zero-order chi connectivity index (χ0) is 19.9. The van der Waals surface area contributed by atoms with E-state index in [1.54, 1.807) is 31.2 Å². The third-order valence-electron chi connectivity index (χ3n) is 3.94. The van der Waals surface area contributed by atoms with Gasteiger partial charge >= 0.3 is 0 Å². The molecule has 8 heteroatoms. The summed E-state index contributed by atoms with van der Waals surface area (Å²) in [5, 5.41) is 6.84. The van der Waals surface area contributed by atoms with Crippen molar-refractivity contribution in [3.8, 4) is 17.2 Å². The molecule has 0 fully saturated rings. The molecule has 1 heterocycles. The number of carbonyl (C=O) groups excluding carboxylic acids is 1. The molecule has 0 aliphatic carbocycles. The van der Waals surface area contributed by atoms with E-state index >= 15 is 0 Å². The first kappa shape index (κ1) is 19.0. The van der Waals surface area contributed by atoms with Crippen LogP contribution in [-0.4, -0.2) is 35.6 Å². The van der Waals surface area contributed by atoms with Crippen LogP contribution in [0.25, 0.3) is 5.69 Å². The fourth-order valence-electron chi connectivity index (χ4n) is 2.55. The number of ether oxygens (including phenoxy) is 2. The summed E-state index contributed by atoms with van der Waals surface area (Å²) in [5.74, 6) is 0.526. The van der Waals surface area contributed by atoms with Gasteiger partial charge in [-0.15, -0.1) is 0 Å². The maximum absolute atomic E-state index is 12.5. The van der Waals surface area contributed by atoms with Crippen molar-refractivity contribution in [1.29, 1.82) is 0 Å². The van der Waals surface area contributed by atoms with Crippen molar-refractivity contribution in [3.63, 3.8) is 0 Å². The second-order valence-corrected chi connectivity index (χ2v) is 5.86. The van der Waals surface area contributed by atoms with Crippen LogP contribution < -0.4 is 20.5 Å². The lowest BCUT2D eigenvalue weighted by Crippen LogP contribution is -2.25. The van der Waals surface area contributed by atoms with Gasteiger partial charge in [0.2, 0.25) is 0 Å². The Labute approximate surface area is 161 Å². The molecule has 2 N–H and O–H groups in total. The average Bonchev–Trinajstić information content (AvgIpc) is 3.01. The number of aromatic nitrogens is 2. The van der Waals surface area contributed by atoms with Gasteiger partial charge in [-0.2, -0.15) is 5.10 Å². The number of benzene rings is 2. The van der Waals surface area contributed by atoms with Gasteiger partial charge in [0, 0.05) is 5.69 Å². The summed E-state index contributed by atoms with van der Waals surface area (Å²) < 4.78 is 12.0. The number of nitrogens with zero attached hydrogens (tertiary/aromatic N) is 2. The number of amides is 1. The monoisotopic (exact) mass is 380 g/mol. The molecule has 0 unspecified atom stereocenters. The maximum atomic E-state index is 12.5. The molecule has 2 aromatic carbocycles. The molecule has 0 spiro atoms. The maximum Gasteiger partial charge on any atom is 0.280 e. The second kappa shape index (κ2) is 8.72. The van der Waals surface area contributed by atoms with Gasteiger partial charge in [0.05, 0.1) is 24.6 Å². The highest BCUT2D eigenvalue weighted by Gasteiger charge is 2.11. The molecule has 1 amide bonds. The lowest BCUT2D eigenvalue weighted by atomic mass is 10.3. The Hall–Kier alpha value is -3.81. The standard InChI is InChI=1S/C20H20N4O4/c1-14-16(20(26)24(23-14)15-8-4-3-5-9-15)12-21-22-19(25)13-28-18-11-7-6-10-17(18)27-2/h3-12,23H,13H2,1-2H3,(H,22,25)/b21-12-. The van der Waals surface area contributed by atoms with Crippen molar-refractivity contribution in [2.75, 3.05) is 13.7 Å². The number of nitrogens with one attached hydrogen (secondary N) is 2. The van der Waals surface area contributed by atoms with E-state index in [9.17, 15) is 9.59 Å². The molecule has 28 heavy (non-hydrogen) atoms. The summed E-state index contributed by atoms with van der Waals surface area (Å²) in [6, 6.07) is 16.2. The number of methoxy groups -OCH3 is 1. The first-order chi connectivity index (χ1) is 13.6. The number of hydrogen-bond acceptors (Lipinski definition) is 5. The molecule has 0 aliphatic heterocycles. The van der Waals surface area contributed by atoms with E-state index in [0.29, 0.717) is 28.4 Å². The van der Waals surface area contributed by atoms with Crippen molar-refractivity contribution in [2.45, 2.75) is 6.92 Å². The molecule has 1 aromatic heterocycles. The quantitative estimate of drug-likeness (QED) is 0.484. The van der Waals surface area contributed by atoms with Gasteiger partial charge in [0.1, 0.15) is 0 Å². The number of H-pyrrole nitrogens is 1. The van der Waals surface area contributed by atoms with Gasteiger partial charge in [-0.25, -0.2) is 10.1 Å². The van der Waals surface area contributed by atoms with E-state index in [1.165, 1.54) is 18.0 Å². The van der Waals surface area contributed by atoms with E-state index in [-0.39, 0.29) is 12.2 Å². The minimum absolute atomic E-state index is 0.238. The topological polar surface area (TPSA) is 97.7 Å². The van der Waals surface area contributed by atoms with Crippen LogP contribution in [0.5, 0.6) is 11.5 Å². The number of para-hydroxylation sites is 3. The zero-order valence-electron chi connectivity index (χ0n) is 15.5. The highest BCUT2D eigenvalue weighted by molar-refractivity contribution is 5.83. The Morgan fingerprint density at radius 1 is 1.14 bits per heavy atom. The van der Waals surface area contributed by atoms with E-state index in [1.807, 2.05) is 30.3 Å². The molecule has 0 saturated heterocycles. The Morgan fingerprint density at radius 2 is 1.82 bits per heavy atom. The molecule has 3 aromatic rings. The van der Waals surface area contributed by atoms with Crippen molar-refractivity contribution in [2.24, 2.45) is 5.10 Å². The van der Waals surface area contributed by atoms with E-state index < -0.39 is 5.91 Å². The predicted octanol–water partition coefficient (Wildman–Crippen LogP) is 2.01. The third kappa shape index (κ3) is 4.29. The Kier molecular flexibility index (Phi) is 5.91. The lowest BCUT2D eigenvalue weighted by Gasteiger charge is -2.09. The molecule has 144 valence electrons. The second-order valence-electron chi connectivity index (χ2n) is 5.86. The van der Waals surface area contributed by atoms with Crippen LogP contribution in [0.15, 0.2) is 64.5 Å². The first-order valence-electron chi connectivity index (χ1n) is 8.55. The number of aromatic amines is 1. The van der Waals surface area contributed by atoms with Crippen LogP contribution in [-0.2, 0) is 4.79 Å². The summed E-state index contributed by atoms with van der Waals surface area (Å²) in [5.41, 5.74) is 3.79. The van der Waals surface area contributed by atoms with Crippen LogP contribution >= 0.6 is 0 Å². The Morgan fingerprint density at radius 3 is 2.54 bits per heavy atom. The number of aryl methyl sites for hydroxylation is 1. The van der Waals surface area contributed by atoms with Crippen molar-refractivity contribution >= 4 is 12.1 Å². The Balaban J connectivity index is 1.62. The van der Waals surface area contributed by atoms with Gasteiger partial charge in [-0.1, -0.05) is 30.3 Å². The zero-order valence-corrected chi connectivity index (χ0v) is 15.5. The summed E-state index contributed by atoms with van der Waals surface area (Å²) in [6.45, 7) is 1.52. The minimum atomic E-state index is -0.460. The van der Waals surface area contributed by atoms with Crippen LogP contribution in [0.4, 0.5) is 0 Å². The molecule has 3 rings (SSSR count). The largest absolute Gasteiger partial charge is 0.493 e. The number of hydrazone groups is 1. The number of carbonyl (C=O) groups is 1. The summed E-state index contributed by atoms with van der Waals surface area (Å²) in [6.07, 6.45) is 1.31. The van der Waals surface area contributed by atoms with E-state index in [0.717, 1.165) is 0 Å². The molecular weight excluding hydrogens is 360 g/mol. The Bertz CT molecular complexity index is 1040. The molecular formula is C20H20N4O4. The van der Waals surface area contributed by atoms with Crippen LogP contribution in [0.1, 0.15) is 11.3 Å². The third-order valence-corrected chi connectivity index (χ3v) is 3.94. The molecule has 0 radical (unpaired) electrons. The summed E-state index contributed by atoms with van der Waals surface area (Å²) in [7, 11) is 1.52.